The minimum Gasteiger partial charge on any atom is -0.497 e. The van der Waals surface area contributed by atoms with Crippen LogP contribution in [0.1, 0.15) is 11.1 Å². The van der Waals surface area contributed by atoms with Crippen molar-refractivity contribution in [2.75, 3.05) is 19.7 Å². The van der Waals surface area contributed by atoms with Crippen molar-refractivity contribution in [2.24, 2.45) is 10.1 Å². The van der Waals surface area contributed by atoms with Crippen LogP contribution in [0, 0.1) is 0 Å². The van der Waals surface area contributed by atoms with E-state index >= 15 is 0 Å². The number of hydrazone groups is 1. The standard InChI is InChI=1S/C18H17N3O3S/c1-22-14-5-2-12(3-6-14)9-19-18-21-20-15(10-25-18)13-4-7-16-17(8-13)24-11-23-16/h2-8H,9-11H2,1H3,(H,19,21). The Morgan fingerprint density at radius 2 is 2.00 bits per heavy atom. The average Bonchev–Trinajstić information content (AvgIpc) is 3.15. The highest BCUT2D eigenvalue weighted by Crippen LogP contribution is 2.33. The number of thioether (sulfide) groups is 1. The van der Waals surface area contributed by atoms with Crippen molar-refractivity contribution in [2.45, 2.75) is 6.54 Å². The molecule has 7 heteroatoms. The van der Waals surface area contributed by atoms with Crippen LogP contribution in [0.2, 0.25) is 0 Å². The molecule has 128 valence electrons. The van der Waals surface area contributed by atoms with E-state index in [1.54, 1.807) is 18.9 Å². The third-order valence-electron chi connectivity index (χ3n) is 3.90. The van der Waals surface area contributed by atoms with Gasteiger partial charge in [-0.05, 0) is 35.9 Å². The highest BCUT2D eigenvalue weighted by atomic mass is 32.2. The van der Waals surface area contributed by atoms with Gasteiger partial charge in [0.1, 0.15) is 5.75 Å². The van der Waals surface area contributed by atoms with Crippen LogP contribution in [0.3, 0.4) is 0 Å². The fraction of sp³-hybridized carbons (Fsp3) is 0.222. The van der Waals surface area contributed by atoms with Crippen molar-refractivity contribution in [1.29, 1.82) is 0 Å². The van der Waals surface area contributed by atoms with Gasteiger partial charge in [-0.3, -0.25) is 10.4 Å². The third-order valence-corrected chi connectivity index (χ3v) is 4.81. The van der Waals surface area contributed by atoms with E-state index in [0.29, 0.717) is 6.54 Å². The lowest BCUT2D eigenvalue weighted by Crippen LogP contribution is -2.25. The molecule has 0 saturated carbocycles. The average molecular weight is 355 g/mol. The molecule has 0 amide bonds. The molecule has 25 heavy (non-hydrogen) atoms. The number of aliphatic imine (C=N–C) groups is 1. The summed E-state index contributed by atoms with van der Waals surface area (Å²) in [6, 6.07) is 13.8. The molecule has 1 N–H and O–H groups in total. The first-order valence-electron chi connectivity index (χ1n) is 7.84. The van der Waals surface area contributed by atoms with Crippen LogP contribution in [-0.2, 0) is 6.54 Å². The Balaban J connectivity index is 1.41. The molecule has 0 unspecified atom stereocenters. The molecule has 6 nitrogen and oxygen atoms in total. The van der Waals surface area contributed by atoms with Crippen molar-refractivity contribution in [3.05, 3.63) is 53.6 Å². The molecule has 0 saturated heterocycles. The highest BCUT2D eigenvalue weighted by Gasteiger charge is 2.18. The minimum atomic E-state index is 0.278. The zero-order chi connectivity index (χ0) is 17.1. The Morgan fingerprint density at radius 1 is 1.16 bits per heavy atom. The number of benzene rings is 2. The van der Waals surface area contributed by atoms with E-state index in [9.17, 15) is 0 Å². The van der Waals surface area contributed by atoms with Crippen molar-refractivity contribution >= 4 is 22.6 Å². The van der Waals surface area contributed by atoms with Gasteiger partial charge >= 0.3 is 0 Å². The molecule has 2 heterocycles. The van der Waals surface area contributed by atoms with Gasteiger partial charge in [0.15, 0.2) is 16.7 Å². The lowest BCUT2D eigenvalue weighted by molar-refractivity contribution is 0.174. The molecule has 0 fully saturated rings. The van der Waals surface area contributed by atoms with Crippen molar-refractivity contribution in [1.82, 2.24) is 5.43 Å². The molecule has 0 radical (unpaired) electrons. The van der Waals surface area contributed by atoms with Crippen LogP contribution in [0.4, 0.5) is 0 Å². The minimum absolute atomic E-state index is 0.278. The monoisotopic (exact) mass is 355 g/mol. The largest absolute Gasteiger partial charge is 0.497 e. The molecule has 2 aromatic rings. The van der Waals surface area contributed by atoms with Gasteiger partial charge in [-0.25, -0.2) is 0 Å². The van der Waals surface area contributed by atoms with Gasteiger partial charge in [0.05, 0.1) is 19.4 Å². The normalized spacial score (nSPS) is 17.2. The highest BCUT2D eigenvalue weighted by molar-refractivity contribution is 8.14. The summed E-state index contributed by atoms with van der Waals surface area (Å²) in [5, 5.41) is 5.26. The van der Waals surface area contributed by atoms with Gasteiger partial charge < -0.3 is 14.2 Å². The Bertz CT molecular complexity index is 834. The summed E-state index contributed by atoms with van der Waals surface area (Å²) >= 11 is 1.64. The summed E-state index contributed by atoms with van der Waals surface area (Å²) < 4.78 is 15.9. The number of nitrogens with one attached hydrogen (secondary N) is 1. The molecule has 0 atom stereocenters. The van der Waals surface area contributed by atoms with Crippen LogP contribution in [0.15, 0.2) is 52.6 Å². The topological polar surface area (TPSA) is 64.4 Å². The maximum absolute atomic E-state index is 5.42. The van der Waals surface area contributed by atoms with Crippen molar-refractivity contribution in [3.8, 4) is 17.2 Å². The number of nitrogens with zero attached hydrogens (tertiary/aromatic N) is 2. The van der Waals surface area contributed by atoms with E-state index in [0.717, 1.165) is 45.0 Å². The van der Waals surface area contributed by atoms with Gasteiger partial charge in [-0.1, -0.05) is 23.9 Å². The second-order valence-corrected chi connectivity index (χ2v) is 6.46. The van der Waals surface area contributed by atoms with E-state index < -0.39 is 0 Å². The maximum atomic E-state index is 5.42. The Hall–Kier alpha value is -2.67. The third kappa shape index (κ3) is 3.56. The fourth-order valence-corrected chi connectivity index (χ4v) is 3.29. The van der Waals surface area contributed by atoms with E-state index in [2.05, 4.69) is 15.5 Å². The zero-order valence-electron chi connectivity index (χ0n) is 13.7. The molecule has 2 aliphatic rings. The van der Waals surface area contributed by atoms with Crippen LogP contribution >= 0.6 is 11.8 Å². The number of rotatable bonds is 4. The second kappa shape index (κ2) is 7.06. The summed E-state index contributed by atoms with van der Waals surface area (Å²) in [5.41, 5.74) is 6.15. The first-order valence-corrected chi connectivity index (χ1v) is 8.83. The van der Waals surface area contributed by atoms with Crippen LogP contribution in [0.25, 0.3) is 0 Å². The van der Waals surface area contributed by atoms with E-state index in [-0.39, 0.29) is 6.79 Å². The molecule has 0 aromatic heterocycles. The molecule has 0 bridgehead atoms. The lowest BCUT2D eigenvalue weighted by Gasteiger charge is -2.15. The number of ether oxygens (including phenoxy) is 3. The second-order valence-electron chi connectivity index (χ2n) is 5.50. The zero-order valence-corrected chi connectivity index (χ0v) is 14.5. The molecule has 2 aromatic carbocycles. The van der Waals surface area contributed by atoms with Gasteiger partial charge in [0.25, 0.3) is 0 Å². The van der Waals surface area contributed by atoms with Gasteiger partial charge in [0, 0.05) is 11.3 Å². The fourth-order valence-electron chi connectivity index (χ4n) is 2.52. The maximum Gasteiger partial charge on any atom is 0.231 e. The molecule has 0 spiro atoms. The smallest absolute Gasteiger partial charge is 0.231 e. The number of amidine groups is 1. The Labute approximate surface area is 149 Å². The van der Waals surface area contributed by atoms with Gasteiger partial charge in [0.2, 0.25) is 6.79 Å². The molecule has 0 aliphatic carbocycles. The van der Waals surface area contributed by atoms with E-state index in [1.165, 1.54) is 0 Å². The Kier molecular flexibility index (Phi) is 4.47. The van der Waals surface area contributed by atoms with Crippen LogP contribution in [0.5, 0.6) is 17.2 Å². The molecular weight excluding hydrogens is 338 g/mol. The van der Waals surface area contributed by atoms with Crippen molar-refractivity contribution in [3.63, 3.8) is 0 Å². The molecule has 4 rings (SSSR count). The molecular formula is C18H17N3O3S. The first-order chi connectivity index (χ1) is 12.3. The van der Waals surface area contributed by atoms with Crippen LogP contribution in [-0.4, -0.2) is 30.5 Å². The summed E-state index contributed by atoms with van der Waals surface area (Å²) in [6.45, 7) is 0.884. The van der Waals surface area contributed by atoms with E-state index in [4.69, 9.17) is 14.2 Å². The Morgan fingerprint density at radius 3 is 2.76 bits per heavy atom. The van der Waals surface area contributed by atoms with E-state index in [1.807, 2.05) is 42.5 Å². The quantitative estimate of drug-likeness (QED) is 0.913. The predicted octanol–water partition coefficient (Wildman–Crippen LogP) is 3.02. The summed E-state index contributed by atoms with van der Waals surface area (Å²) in [6.07, 6.45) is 0. The molecule has 2 aliphatic heterocycles. The van der Waals surface area contributed by atoms with Gasteiger partial charge in [-0.15, -0.1) is 0 Å². The number of hydrogen-bond acceptors (Lipinski definition) is 6. The lowest BCUT2D eigenvalue weighted by atomic mass is 10.1. The summed E-state index contributed by atoms with van der Waals surface area (Å²) in [4.78, 5) is 4.57. The van der Waals surface area contributed by atoms with Crippen molar-refractivity contribution < 1.29 is 14.2 Å². The SMILES string of the molecule is COc1ccc(CN=C2NN=C(c3ccc4c(c3)OCO4)CS2)cc1. The summed E-state index contributed by atoms with van der Waals surface area (Å²) in [5.74, 6) is 3.15. The first kappa shape index (κ1) is 15.8. The predicted molar refractivity (Wildman–Crippen MR) is 98.8 cm³/mol. The number of hydrogen-bond donors (Lipinski definition) is 1. The number of methoxy groups -OCH3 is 1. The van der Waals surface area contributed by atoms with Gasteiger partial charge in [-0.2, -0.15) is 5.10 Å². The van der Waals surface area contributed by atoms with Crippen LogP contribution < -0.4 is 19.6 Å². The summed E-state index contributed by atoms with van der Waals surface area (Å²) in [7, 11) is 1.66. The number of fused-ring (bicyclic) bond motifs is 1.